The van der Waals surface area contributed by atoms with Crippen LogP contribution in [-0.4, -0.2) is 28.0 Å². The van der Waals surface area contributed by atoms with Crippen molar-refractivity contribution < 1.29 is 5.11 Å². The topological polar surface area (TPSA) is 50.1 Å². The zero-order valence-corrected chi connectivity index (χ0v) is 12.5. The van der Waals surface area contributed by atoms with E-state index in [1.807, 2.05) is 13.2 Å². The highest BCUT2D eigenvalue weighted by molar-refractivity contribution is 5.26. The molecule has 0 bridgehead atoms. The van der Waals surface area contributed by atoms with E-state index in [9.17, 15) is 5.11 Å². The molecule has 1 heterocycles. The molecule has 0 fully saturated rings. The van der Waals surface area contributed by atoms with Crippen LogP contribution in [0.15, 0.2) is 6.20 Å². The number of hydrogen-bond donors (Lipinski definition) is 2. The van der Waals surface area contributed by atoms with Gasteiger partial charge in [-0.05, 0) is 12.5 Å². The Balaban J connectivity index is 2.76. The van der Waals surface area contributed by atoms with Crippen molar-refractivity contribution in [1.29, 1.82) is 0 Å². The van der Waals surface area contributed by atoms with E-state index in [1.54, 1.807) is 4.68 Å². The molecule has 0 aliphatic rings. The van der Waals surface area contributed by atoms with Crippen molar-refractivity contribution >= 4 is 0 Å². The molecule has 2 N–H and O–H groups in total. The van der Waals surface area contributed by atoms with Crippen LogP contribution in [0.2, 0.25) is 0 Å². The number of aryl methyl sites for hydroxylation is 1. The second-order valence-electron chi connectivity index (χ2n) is 6.42. The van der Waals surface area contributed by atoms with Crippen LogP contribution < -0.4 is 5.32 Å². The lowest BCUT2D eigenvalue weighted by molar-refractivity contribution is 0.171. The number of aromatic nitrogens is 2. The van der Waals surface area contributed by atoms with Crippen molar-refractivity contribution in [3.05, 3.63) is 17.5 Å². The van der Waals surface area contributed by atoms with Crippen LogP contribution in [0.1, 0.15) is 52.0 Å². The molecule has 1 rings (SSSR count). The van der Waals surface area contributed by atoms with Gasteiger partial charge in [-0.2, -0.15) is 5.10 Å². The van der Waals surface area contributed by atoms with E-state index >= 15 is 0 Å². The number of nitrogens with zero attached hydrogens (tertiary/aromatic N) is 2. The van der Waals surface area contributed by atoms with Crippen LogP contribution in [0.3, 0.4) is 0 Å². The second-order valence-corrected chi connectivity index (χ2v) is 6.42. The van der Waals surface area contributed by atoms with E-state index in [0.717, 1.165) is 17.8 Å². The maximum absolute atomic E-state index is 10.3. The monoisotopic (exact) mass is 253 g/mol. The van der Waals surface area contributed by atoms with Crippen LogP contribution in [0.25, 0.3) is 0 Å². The molecule has 0 aromatic carbocycles. The Morgan fingerprint density at radius 3 is 2.44 bits per heavy atom. The van der Waals surface area contributed by atoms with Crippen molar-refractivity contribution in [2.24, 2.45) is 13.0 Å². The molecule has 0 saturated heterocycles. The third kappa shape index (κ3) is 4.10. The summed E-state index contributed by atoms with van der Waals surface area (Å²) in [5.41, 5.74) is 1.86. The largest absolute Gasteiger partial charge is 0.387 e. The van der Waals surface area contributed by atoms with Gasteiger partial charge < -0.3 is 10.4 Å². The van der Waals surface area contributed by atoms with Crippen LogP contribution in [0.4, 0.5) is 0 Å². The molecule has 0 aliphatic heterocycles. The van der Waals surface area contributed by atoms with E-state index in [2.05, 4.69) is 45.0 Å². The molecule has 0 saturated carbocycles. The number of rotatable bonds is 5. The molecule has 0 radical (unpaired) electrons. The average molecular weight is 253 g/mol. The molecule has 4 nitrogen and oxygen atoms in total. The maximum atomic E-state index is 10.3. The third-order valence-electron chi connectivity index (χ3n) is 2.82. The van der Waals surface area contributed by atoms with Gasteiger partial charge in [0.25, 0.3) is 0 Å². The van der Waals surface area contributed by atoms with Crippen LogP contribution >= 0.6 is 0 Å². The summed E-state index contributed by atoms with van der Waals surface area (Å²) < 4.78 is 1.78. The number of hydrogen-bond acceptors (Lipinski definition) is 3. The molecule has 0 amide bonds. The lowest BCUT2D eigenvalue weighted by Crippen LogP contribution is -2.26. The standard InChI is InChI=1S/C14H27N3O/c1-10(2)7-15-8-12(18)11-9-17(6)16-13(11)14(3,4)5/h9-10,12,15,18H,7-8H2,1-6H3. The Morgan fingerprint density at radius 2 is 1.94 bits per heavy atom. The number of aliphatic hydroxyl groups is 1. The average Bonchev–Trinajstić information content (AvgIpc) is 2.59. The molecule has 1 aromatic rings. The minimum absolute atomic E-state index is 0.0460. The highest BCUT2D eigenvalue weighted by Gasteiger charge is 2.25. The Labute approximate surface area is 110 Å². The van der Waals surface area contributed by atoms with Crippen molar-refractivity contribution in [2.75, 3.05) is 13.1 Å². The fourth-order valence-corrected chi connectivity index (χ4v) is 1.95. The number of nitrogens with one attached hydrogen (secondary N) is 1. The van der Waals surface area contributed by atoms with Gasteiger partial charge in [-0.15, -0.1) is 0 Å². The van der Waals surface area contributed by atoms with E-state index in [-0.39, 0.29) is 5.41 Å². The van der Waals surface area contributed by atoms with Crippen molar-refractivity contribution in [2.45, 2.75) is 46.1 Å². The minimum atomic E-state index is -0.494. The van der Waals surface area contributed by atoms with E-state index in [0.29, 0.717) is 12.5 Å². The predicted molar refractivity (Wildman–Crippen MR) is 74.6 cm³/mol. The first-order valence-corrected chi connectivity index (χ1v) is 6.64. The molecule has 18 heavy (non-hydrogen) atoms. The maximum Gasteiger partial charge on any atom is 0.0947 e. The van der Waals surface area contributed by atoms with Gasteiger partial charge in [0.2, 0.25) is 0 Å². The summed E-state index contributed by atoms with van der Waals surface area (Å²) in [7, 11) is 1.90. The lowest BCUT2D eigenvalue weighted by Gasteiger charge is -2.20. The predicted octanol–water partition coefficient (Wildman–Crippen LogP) is 2.00. The molecule has 0 spiro atoms. The highest BCUT2D eigenvalue weighted by Crippen LogP contribution is 2.28. The van der Waals surface area contributed by atoms with Gasteiger partial charge in [0.05, 0.1) is 11.8 Å². The van der Waals surface area contributed by atoms with E-state index in [1.165, 1.54) is 0 Å². The number of aliphatic hydroxyl groups excluding tert-OH is 1. The zero-order valence-electron chi connectivity index (χ0n) is 12.5. The van der Waals surface area contributed by atoms with E-state index in [4.69, 9.17) is 0 Å². The summed E-state index contributed by atoms with van der Waals surface area (Å²) in [5.74, 6) is 0.591. The van der Waals surface area contributed by atoms with Gasteiger partial charge in [0.1, 0.15) is 0 Å². The second kappa shape index (κ2) is 5.85. The summed E-state index contributed by atoms with van der Waals surface area (Å²) >= 11 is 0. The summed E-state index contributed by atoms with van der Waals surface area (Å²) in [6.45, 7) is 12.2. The fourth-order valence-electron chi connectivity index (χ4n) is 1.95. The van der Waals surface area contributed by atoms with E-state index < -0.39 is 6.10 Å². The van der Waals surface area contributed by atoms with Crippen molar-refractivity contribution in [3.8, 4) is 0 Å². The Bertz CT molecular complexity index is 377. The molecule has 1 atom stereocenters. The summed E-state index contributed by atoms with van der Waals surface area (Å²) in [4.78, 5) is 0. The van der Waals surface area contributed by atoms with Crippen LogP contribution in [0.5, 0.6) is 0 Å². The zero-order chi connectivity index (χ0) is 13.9. The Kier molecular flexibility index (Phi) is 4.93. The van der Waals surface area contributed by atoms with Crippen LogP contribution in [-0.2, 0) is 12.5 Å². The van der Waals surface area contributed by atoms with Crippen molar-refractivity contribution in [1.82, 2.24) is 15.1 Å². The van der Waals surface area contributed by atoms with Crippen molar-refractivity contribution in [3.63, 3.8) is 0 Å². The van der Waals surface area contributed by atoms with Gasteiger partial charge in [-0.3, -0.25) is 4.68 Å². The normalized spacial score (nSPS) is 14.2. The molecule has 4 heteroatoms. The Hall–Kier alpha value is -0.870. The smallest absolute Gasteiger partial charge is 0.0947 e. The van der Waals surface area contributed by atoms with Gasteiger partial charge in [-0.1, -0.05) is 34.6 Å². The fraction of sp³-hybridized carbons (Fsp3) is 0.786. The first-order valence-electron chi connectivity index (χ1n) is 6.64. The van der Waals surface area contributed by atoms with Crippen LogP contribution in [0, 0.1) is 5.92 Å². The first-order chi connectivity index (χ1) is 8.21. The molecule has 1 unspecified atom stereocenters. The quantitative estimate of drug-likeness (QED) is 0.844. The lowest BCUT2D eigenvalue weighted by atomic mass is 9.88. The third-order valence-corrected chi connectivity index (χ3v) is 2.82. The molecular formula is C14H27N3O. The molecule has 104 valence electrons. The molecule has 1 aromatic heterocycles. The van der Waals surface area contributed by atoms with Gasteiger partial charge in [0.15, 0.2) is 0 Å². The Morgan fingerprint density at radius 1 is 1.33 bits per heavy atom. The minimum Gasteiger partial charge on any atom is -0.387 e. The molecular weight excluding hydrogens is 226 g/mol. The SMILES string of the molecule is CC(C)CNCC(O)c1cn(C)nc1C(C)(C)C. The summed E-state index contributed by atoms with van der Waals surface area (Å²) in [6, 6.07) is 0. The van der Waals surface area contributed by atoms with Gasteiger partial charge in [0, 0.05) is 30.8 Å². The summed E-state index contributed by atoms with van der Waals surface area (Å²) in [6.07, 6.45) is 1.43. The van der Waals surface area contributed by atoms with Gasteiger partial charge >= 0.3 is 0 Å². The summed E-state index contributed by atoms with van der Waals surface area (Å²) in [5, 5.41) is 18.0. The molecule has 0 aliphatic carbocycles. The first kappa shape index (κ1) is 15.2. The highest BCUT2D eigenvalue weighted by atomic mass is 16.3. The van der Waals surface area contributed by atoms with Gasteiger partial charge in [-0.25, -0.2) is 0 Å².